The van der Waals surface area contributed by atoms with Crippen molar-refractivity contribution in [1.82, 2.24) is 0 Å². The summed E-state index contributed by atoms with van der Waals surface area (Å²) in [6.45, 7) is 7.02. The molecule has 1 radical (unpaired) electrons. The minimum Gasteiger partial charge on any atom is -0.0625 e. The van der Waals surface area contributed by atoms with Crippen LogP contribution in [0.5, 0.6) is 0 Å². The van der Waals surface area contributed by atoms with E-state index in [0.29, 0.717) is 0 Å². The molecule has 1 fully saturated rings. The third kappa shape index (κ3) is 3.79. The molecule has 0 bridgehead atoms. The molecule has 63 valence electrons. The van der Waals surface area contributed by atoms with Crippen molar-refractivity contribution in [3.63, 3.8) is 0 Å². The summed E-state index contributed by atoms with van der Waals surface area (Å²) in [5, 5.41) is 0. The van der Waals surface area contributed by atoms with Crippen molar-refractivity contribution in [2.45, 2.75) is 40.0 Å². The van der Waals surface area contributed by atoms with E-state index < -0.39 is 0 Å². The van der Waals surface area contributed by atoms with Gasteiger partial charge >= 0.3 is 23.1 Å². The molecular weight excluding hydrogens is 144 g/mol. The van der Waals surface area contributed by atoms with Crippen LogP contribution in [0.15, 0.2) is 0 Å². The highest BCUT2D eigenvalue weighted by Gasteiger charge is 2.20. The molecule has 0 aromatic heterocycles. The van der Waals surface area contributed by atoms with Gasteiger partial charge in [-0.05, 0) is 37.0 Å². The SMILES string of the molecule is CC1C[CH]C(C(C)C)CC1.[MgH2]. The van der Waals surface area contributed by atoms with Gasteiger partial charge in [0, 0.05) is 0 Å². The van der Waals surface area contributed by atoms with Gasteiger partial charge in [0.1, 0.15) is 0 Å². The fourth-order valence-electron chi connectivity index (χ4n) is 1.73. The van der Waals surface area contributed by atoms with Crippen LogP contribution in [-0.4, -0.2) is 23.1 Å². The van der Waals surface area contributed by atoms with Crippen molar-refractivity contribution in [2.75, 3.05) is 0 Å². The normalized spacial score (nSPS) is 31.6. The molecule has 1 aliphatic carbocycles. The Labute approximate surface area is 87.3 Å². The molecule has 0 N–H and O–H groups in total. The van der Waals surface area contributed by atoms with Gasteiger partial charge in [0.25, 0.3) is 0 Å². The Hall–Kier alpha value is 0.766. The molecule has 0 saturated heterocycles. The predicted molar refractivity (Wildman–Crippen MR) is 54.2 cm³/mol. The Morgan fingerprint density at radius 1 is 1.27 bits per heavy atom. The number of rotatable bonds is 1. The van der Waals surface area contributed by atoms with Crippen LogP contribution < -0.4 is 0 Å². The third-order valence-electron chi connectivity index (χ3n) is 2.69. The third-order valence-corrected chi connectivity index (χ3v) is 2.69. The predicted octanol–water partition coefficient (Wildman–Crippen LogP) is 2.37. The molecule has 0 aromatic rings. The Balaban J connectivity index is 0.000001000. The summed E-state index contributed by atoms with van der Waals surface area (Å²) in [5.74, 6) is 2.73. The van der Waals surface area contributed by atoms with Gasteiger partial charge in [0.2, 0.25) is 0 Å². The lowest BCUT2D eigenvalue weighted by Crippen LogP contribution is -2.17. The van der Waals surface area contributed by atoms with Crippen molar-refractivity contribution < 1.29 is 0 Å². The van der Waals surface area contributed by atoms with E-state index in [1.54, 1.807) is 0 Å². The fraction of sp³-hybridized carbons (Fsp3) is 0.900. The molecule has 2 atom stereocenters. The quantitative estimate of drug-likeness (QED) is 0.524. The summed E-state index contributed by atoms with van der Waals surface area (Å²) < 4.78 is 0. The lowest BCUT2D eigenvalue weighted by Gasteiger charge is -2.28. The maximum Gasteiger partial charge on any atom is 0.316 e. The highest BCUT2D eigenvalue weighted by Crippen LogP contribution is 2.31. The summed E-state index contributed by atoms with van der Waals surface area (Å²) in [7, 11) is 0. The lowest BCUT2D eigenvalue weighted by molar-refractivity contribution is 0.302. The molecule has 0 amide bonds. The number of hydrogen-bond donors (Lipinski definition) is 0. The van der Waals surface area contributed by atoms with Gasteiger partial charge in [0.15, 0.2) is 0 Å². The van der Waals surface area contributed by atoms with Crippen LogP contribution in [0.1, 0.15) is 40.0 Å². The Morgan fingerprint density at radius 3 is 2.27 bits per heavy atom. The second-order valence-corrected chi connectivity index (χ2v) is 4.06. The topological polar surface area (TPSA) is 0 Å². The Kier molecular flexibility index (Phi) is 5.80. The summed E-state index contributed by atoms with van der Waals surface area (Å²) in [4.78, 5) is 0. The van der Waals surface area contributed by atoms with Crippen molar-refractivity contribution in [3.05, 3.63) is 6.42 Å². The standard InChI is InChI=1S/C10H19.Mg.2H/c1-8(2)10-6-4-9(3)5-7-10;;;/h6,8-10H,4-5,7H2,1-3H3;;;. The van der Waals surface area contributed by atoms with Crippen LogP contribution >= 0.6 is 0 Å². The zero-order valence-corrected chi connectivity index (χ0v) is 7.43. The van der Waals surface area contributed by atoms with Gasteiger partial charge < -0.3 is 0 Å². The van der Waals surface area contributed by atoms with Gasteiger partial charge in [-0.3, -0.25) is 0 Å². The highest BCUT2D eigenvalue weighted by atomic mass is 24.3. The molecule has 0 spiro atoms. The minimum atomic E-state index is 0. The zero-order chi connectivity index (χ0) is 7.56. The van der Waals surface area contributed by atoms with Crippen molar-refractivity contribution in [2.24, 2.45) is 17.8 Å². The van der Waals surface area contributed by atoms with E-state index in [0.717, 1.165) is 17.8 Å². The maximum absolute atomic E-state index is 2.53. The lowest BCUT2D eigenvalue weighted by atomic mass is 9.78. The van der Waals surface area contributed by atoms with Crippen LogP contribution in [-0.2, 0) is 0 Å². The highest BCUT2D eigenvalue weighted by molar-refractivity contribution is 5.75. The van der Waals surface area contributed by atoms with Gasteiger partial charge in [-0.25, -0.2) is 0 Å². The fourth-order valence-corrected chi connectivity index (χ4v) is 1.73. The molecule has 0 aliphatic heterocycles. The van der Waals surface area contributed by atoms with E-state index >= 15 is 0 Å². The van der Waals surface area contributed by atoms with E-state index in [1.807, 2.05) is 0 Å². The van der Waals surface area contributed by atoms with Crippen LogP contribution in [0.4, 0.5) is 0 Å². The largest absolute Gasteiger partial charge is 0.316 e. The molecule has 2 unspecified atom stereocenters. The molecule has 0 heterocycles. The second kappa shape index (κ2) is 5.42. The van der Waals surface area contributed by atoms with E-state index in [2.05, 4.69) is 27.2 Å². The molecule has 0 aromatic carbocycles. The monoisotopic (exact) mass is 165 g/mol. The minimum absolute atomic E-state index is 0. The number of hydrogen-bond acceptors (Lipinski definition) is 0. The van der Waals surface area contributed by atoms with Gasteiger partial charge in [-0.1, -0.05) is 27.2 Å². The smallest absolute Gasteiger partial charge is 0.0625 e. The van der Waals surface area contributed by atoms with Gasteiger partial charge in [-0.2, -0.15) is 0 Å². The molecule has 0 nitrogen and oxygen atoms in total. The molecule has 11 heavy (non-hydrogen) atoms. The van der Waals surface area contributed by atoms with Crippen LogP contribution in [0.3, 0.4) is 0 Å². The second-order valence-electron chi connectivity index (χ2n) is 4.06. The van der Waals surface area contributed by atoms with E-state index in [-0.39, 0.29) is 23.1 Å². The van der Waals surface area contributed by atoms with Gasteiger partial charge in [-0.15, -0.1) is 0 Å². The average Bonchev–Trinajstić information content (AvgIpc) is 1.88. The molecule has 1 heteroatoms. The van der Waals surface area contributed by atoms with Crippen LogP contribution in [0, 0.1) is 24.2 Å². The Morgan fingerprint density at radius 2 is 1.91 bits per heavy atom. The van der Waals surface area contributed by atoms with Crippen molar-refractivity contribution in [3.8, 4) is 0 Å². The van der Waals surface area contributed by atoms with Crippen molar-refractivity contribution in [1.29, 1.82) is 0 Å². The first kappa shape index (κ1) is 11.8. The van der Waals surface area contributed by atoms with Crippen molar-refractivity contribution >= 4 is 23.1 Å². The van der Waals surface area contributed by atoms with E-state index in [1.165, 1.54) is 19.3 Å². The average molecular weight is 166 g/mol. The summed E-state index contributed by atoms with van der Waals surface area (Å²) in [6, 6.07) is 0. The molecule has 1 aliphatic rings. The van der Waals surface area contributed by atoms with E-state index in [9.17, 15) is 0 Å². The maximum atomic E-state index is 2.53. The molecule has 1 rings (SSSR count). The zero-order valence-electron chi connectivity index (χ0n) is 7.43. The first-order valence-corrected chi connectivity index (χ1v) is 4.53. The first-order valence-electron chi connectivity index (χ1n) is 4.53. The summed E-state index contributed by atoms with van der Waals surface area (Å²) in [5.41, 5.74) is 0. The summed E-state index contributed by atoms with van der Waals surface area (Å²) >= 11 is 0. The molecule has 1 saturated carbocycles. The molecular formula is C10H21Mg. The van der Waals surface area contributed by atoms with E-state index in [4.69, 9.17) is 0 Å². The first-order chi connectivity index (χ1) is 4.70. The van der Waals surface area contributed by atoms with Gasteiger partial charge in [0.05, 0.1) is 0 Å². The van der Waals surface area contributed by atoms with Crippen LogP contribution in [0.2, 0.25) is 0 Å². The van der Waals surface area contributed by atoms with Crippen LogP contribution in [0.25, 0.3) is 0 Å². The Bertz CT molecular complexity index is 91.0. The summed E-state index contributed by atoms with van der Waals surface area (Å²) in [6.07, 6.45) is 6.75.